The predicted molar refractivity (Wildman–Crippen MR) is 61.8 cm³/mol. The van der Waals surface area contributed by atoms with Crippen LogP contribution in [0.25, 0.3) is 0 Å². The van der Waals surface area contributed by atoms with Gasteiger partial charge in [0, 0.05) is 23.5 Å². The maximum atomic E-state index is 2.48. The molecule has 0 aromatic heterocycles. The minimum absolute atomic E-state index is 0.212. The molecule has 14 heavy (non-hydrogen) atoms. The van der Waals surface area contributed by atoms with Crippen molar-refractivity contribution in [1.82, 2.24) is 9.80 Å². The summed E-state index contributed by atoms with van der Waals surface area (Å²) in [5, 5.41) is 0. The molecule has 1 unspecified atom stereocenters. The van der Waals surface area contributed by atoms with Gasteiger partial charge in [-0.1, -0.05) is 0 Å². The molecule has 0 fully saturated rings. The van der Waals surface area contributed by atoms with E-state index in [1.807, 2.05) is 0 Å². The molecule has 0 N–H and O–H groups in total. The van der Waals surface area contributed by atoms with Crippen LogP contribution in [-0.4, -0.2) is 27.5 Å². The molecular formula is C12H24N2. The van der Waals surface area contributed by atoms with Crippen LogP contribution in [-0.2, 0) is 0 Å². The lowest BCUT2D eigenvalue weighted by Gasteiger charge is -2.42. The third-order valence-corrected chi connectivity index (χ3v) is 2.84. The van der Waals surface area contributed by atoms with Crippen LogP contribution in [0.3, 0.4) is 0 Å². The average Bonchev–Trinajstić information content (AvgIpc) is 2.24. The fraction of sp³-hybridized carbons (Fsp3) is 0.833. The quantitative estimate of drug-likeness (QED) is 0.636. The van der Waals surface area contributed by atoms with Gasteiger partial charge in [0.2, 0.25) is 0 Å². The van der Waals surface area contributed by atoms with Crippen LogP contribution in [0, 0.1) is 0 Å². The van der Waals surface area contributed by atoms with E-state index in [1.165, 1.54) is 5.70 Å². The Morgan fingerprint density at radius 3 is 2.00 bits per heavy atom. The molecule has 0 bridgehead atoms. The van der Waals surface area contributed by atoms with Crippen molar-refractivity contribution in [1.29, 1.82) is 0 Å². The number of hydrogen-bond donors (Lipinski definition) is 0. The monoisotopic (exact) mass is 196 g/mol. The Hall–Kier alpha value is -0.660. The Labute approximate surface area is 88.6 Å². The minimum Gasteiger partial charge on any atom is -0.354 e. The molecule has 0 aromatic carbocycles. The Bertz CT molecular complexity index is 235. The van der Waals surface area contributed by atoms with Crippen molar-refractivity contribution in [2.45, 2.75) is 66.2 Å². The number of nitrogens with zero attached hydrogens (tertiary/aromatic N) is 2. The van der Waals surface area contributed by atoms with Crippen LogP contribution in [0.1, 0.15) is 48.5 Å². The molecular weight excluding hydrogens is 172 g/mol. The molecule has 1 aliphatic heterocycles. The second-order valence-electron chi connectivity index (χ2n) is 5.48. The number of allylic oxidation sites excluding steroid dienone is 1. The molecule has 0 amide bonds. The first kappa shape index (κ1) is 11.4. The van der Waals surface area contributed by atoms with Crippen molar-refractivity contribution in [2.75, 3.05) is 0 Å². The summed E-state index contributed by atoms with van der Waals surface area (Å²) >= 11 is 0. The van der Waals surface area contributed by atoms with Gasteiger partial charge >= 0.3 is 0 Å². The molecule has 0 spiro atoms. The summed E-state index contributed by atoms with van der Waals surface area (Å²) in [4.78, 5) is 4.90. The lowest BCUT2D eigenvalue weighted by Crippen LogP contribution is -2.48. The molecule has 2 heteroatoms. The lowest BCUT2D eigenvalue weighted by molar-refractivity contribution is 0.0672. The molecule has 1 rings (SSSR count). The van der Waals surface area contributed by atoms with Gasteiger partial charge in [0.1, 0.15) is 0 Å². The zero-order chi connectivity index (χ0) is 11.1. The summed E-state index contributed by atoms with van der Waals surface area (Å²) in [5.74, 6) is 0. The van der Waals surface area contributed by atoms with E-state index in [2.05, 4.69) is 64.5 Å². The normalized spacial score (nSPS) is 23.4. The van der Waals surface area contributed by atoms with Crippen LogP contribution in [0.5, 0.6) is 0 Å². The fourth-order valence-electron chi connectivity index (χ4n) is 2.48. The van der Waals surface area contributed by atoms with E-state index >= 15 is 0 Å². The van der Waals surface area contributed by atoms with Gasteiger partial charge in [-0.25, -0.2) is 0 Å². The maximum absolute atomic E-state index is 2.48. The molecule has 0 aliphatic carbocycles. The van der Waals surface area contributed by atoms with Gasteiger partial charge in [-0.3, -0.25) is 0 Å². The van der Waals surface area contributed by atoms with E-state index in [0.717, 1.165) is 0 Å². The SMILES string of the molecule is CC1=CN(C(C)C)C(C)N1C(C)(C)C. The molecule has 1 atom stereocenters. The van der Waals surface area contributed by atoms with Crippen molar-refractivity contribution in [3.63, 3.8) is 0 Å². The average molecular weight is 196 g/mol. The first-order valence-corrected chi connectivity index (χ1v) is 5.50. The van der Waals surface area contributed by atoms with Crippen LogP contribution in [0.15, 0.2) is 11.9 Å². The number of hydrogen-bond acceptors (Lipinski definition) is 2. The third-order valence-electron chi connectivity index (χ3n) is 2.84. The van der Waals surface area contributed by atoms with Gasteiger partial charge in [0.25, 0.3) is 0 Å². The molecule has 1 aliphatic rings. The molecule has 82 valence electrons. The van der Waals surface area contributed by atoms with Gasteiger partial charge in [0.15, 0.2) is 0 Å². The van der Waals surface area contributed by atoms with E-state index in [1.54, 1.807) is 0 Å². The van der Waals surface area contributed by atoms with Crippen molar-refractivity contribution in [2.24, 2.45) is 0 Å². The van der Waals surface area contributed by atoms with Crippen molar-refractivity contribution >= 4 is 0 Å². The first-order valence-electron chi connectivity index (χ1n) is 5.50. The van der Waals surface area contributed by atoms with E-state index in [0.29, 0.717) is 12.2 Å². The van der Waals surface area contributed by atoms with Crippen LogP contribution >= 0.6 is 0 Å². The topological polar surface area (TPSA) is 6.48 Å². The lowest BCUT2D eigenvalue weighted by atomic mass is 10.1. The zero-order valence-corrected chi connectivity index (χ0v) is 10.6. The van der Waals surface area contributed by atoms with Crippen LogP contribution in [0.2, 0.25) is 0 Å². The summed E-state index contributed by atoms with van der Waals surface area (Å²) in [5.41, 5.74) is 1.59. The Balaban J connectivity index is 2.90. The largest absolute Gasteiger partial charge is 0.354 e. The zero-order valence-electron chi connectivity index (χ0n) is 10.6. The highest BCUT2D eigenvalue weighted by atomic mass is 15.4. The summed E-state index contributed by atoms with van der Waals surface area (Å²) in [6, 6.07) is 0.576. The Morgan fingerprint density at radius 1 is 1.29 bits per heavy atom. The standard InChI is InChI=1S/C12H24N2/c1-9(2)13-8-10(3)14(11(13)4)12(5,6)7/h8-9,11H,1-7H3. The second kappa shape index (κ2) is 3.48. The van der Waals surface area contributed by atoms with E-state index in [-0.39, 0.29) is 5.54 Å². The summed E-state index contributed by atoms with van der Waals surface area (Å²) in [6.07, 6.45) is 2.76. The van der Waals surface area contributed by atoms with E-state index in [4.69, 9.17) is 0 Å². The summed E-state index contributed by atoms with van der Waals surface area (Å²) in [6.45, 7) is 15.8. The minimum atomic E-state index is 0.212. The van der Waals surface area contributed by atoms with Gasteiger partial charge in [-0.05, 0) is 48.5 Å². The van der Waals surface area contributed by atoms with E-state index < -0.39 is 0 Å². The van der Waals surface area contributed by atoms with Crippen LogP contribution < -0.4 is 0 Å². The fourth-order valence-corrected chi connectivity index (χ4v) is 2.48. The molecule has 0 saturated carbocycles. The molecule has 0 saturated heterocycles. The molecule has 2 nitrogen and oxygen atoms in total. The van der Waals surface area contributed by atoms with E-state index in [9.17, 15) is 0 Å². The second-order valence-corrected chi connectivity index (χ2v) is 5.48. The Morgan fingerprint density at radius 2 is 1.79 bits per heavy atom. The van der Waals surface area contributed by atoms with Gasteiger partial charge < -0.3 is 9.80 Å². The van der Waals surface area contributed by atoms with Gasteiger partial charge in [-0.2, -0.15) is 0 Å². The molecule has 1 heterocycles. The van der Waals surface area contributed by atoms with Crippen LogP contribution in [0.4, 0.5) is 0 Å². The van der Waals surface area contributed by atoms with Gasteiger partial charge in [-0.15, -0.1) is 0 Å². The highest BCUT2D eigenvalue weighted by Gasteiger charge is 2.34. The summed E-state index contributed by atoms with van der Waals surface area (Å²) < 4.78 is 0. The Kier molecular flexibility index (Phi) is 2.84. The molecule has 0 radical (unpaired) electrons. The van der Waals surface area contributed by atoms with Crippen molar-refractivity contribution in [3.05, 3.63) is 11.9 Å². The number of rotatable bonds is 1. The third kappa shape index (κ3) is 1.89. The smallest absolute Gasteiger partial charge is 0.0987 e. The maximum Gasteiger partial charge on any atom is 0.0987 e. The predicted octanol–water partition coefficient (Wildman–Crippen LogP) is 3.02. The molecule has 0 aromatic rings. The van der Waals surface area contributed by atoms with Gasteiger partial charge in [0.05, 0.1) is 6.17 Å². The van der Waals surface area contributed by atoms with Crippen molar-refractivity contribution < 1.29 is 0 Å². The highest BCUT2D eigenvalue weighted by molar-refractivity contribution is 5.11. The first-order chi connectivity index (χ1) is 6.25. The summed E-state index contributed by atoms with van der Waals surface area (Å²) in [7, 11) is 0. The highest BCUT2D eigenvalue weighted by Crippen LogP contribution is 2.31. The van der Waals surface area contributed by atoms with Crippen molar-refractivity contribution in [3.8, 4) is 0 Å².